The first-order valence-corrected chi connectivity index (χ1v) is 12.6. The van der Waals surface area contributed by atoms with Gasteiger partial charge >= 0.3 is 0 Å². The highest BCUT2D eigenvalue weighted by molar-refractivity contribution is 14.1. The molecule has 0 aliphatic rings. The number of nitrogens with one attached hydrogen (secondary N) is 3. The monoisotopic (exact) mass is 596 g/mol. The number of aromatic nitrogens is 2. The Morgan fingerprint density at radius 2 is 1.79 bits per heavy atom. The van der Waals surface area contributed by atoms with Crippen LogP contribution in [0.3, 0.4) is 0 Å². The highest BCUT2D eigenvalue weighted by Crippen LogP contribution is 2.26. The molecule has 3 N–H and O–H groups in total. The summed E-state index contributed by atoms with van der Waals surface area (Å²) in [5.74, 6) is 1.38. The van der Waals surface area contributed by atoms with Gasteiger partial charge in [0.25, 0.3) is 0 Å². The average molecular weight is 597 g/mol. The number of thiol groups is 2. The Kier molecular flexibility index (Phi) is 10.0. The van der Waals surface area contributed by atoms with Gasteiger partial charge in [-0.2, -0.15) is 25.3 Å². The van der Waals surface area contributed by atoms with E-state index in [1.54, 1.807) is 11.0 Å². The topological polar surface area (TPSA) is 99.2 Å². The van der Waals surface area contributed by atoms with Crippen molar-refractivity contribution in [3.8, 4) is 0 Å². The van der Waals surface area contributed by atoms with Crippen LogP contribution in [0.25, 0.3) is 10.9 Å². The molecule has 2 aromatic carbocycles. The van der Waals surface area contributed by atoms with Gasteiger partial charge in [-0.05, 0) is 59.0 Å². The molecule has 11 heteroatoms. The van der Waals surface area contributed by atoms with E-state index in [-0.39, 0.29) is 24.9 Å². The molecule has 0 saturated carbocycles. The first-order valence-electron chi connectivity index (χ1n) is 10.3. The first kappa shape index (κ1) is 25.5. The fraction of sp³-hybridized carbons (Fsp3) is 0.273. The van der Waals surface area contributed by atoms with E-state index in [0.29, 0.717) is 36.1 Å². The zero-order valence-electron chi connectivity index (χ0n) is 17.8. The van der Waals surface area contributed by atoms with Crippen molar-refractivity contribution in [1.29, 1.82) is 0 Å². The lowest BCUT2D eigenvalue weighted by atomic mass is 10.2. The van der Waals surface area contributed by atoms with Crippen molar-refractivity contribution >= 4 is 87.8 Å². The number of carbonyl (C=O) groups is 2. The molecule has 0 unspecified atom stereocenters. The summed E-state index contributed by atoms with van der Waals surface area (Å²) in [7, 11) is 0. The van der Waals surface area contributed by atoms with Crippen LogP contribution in [0.4, 0.5) is 17.2 Å². The normalized spacial score (nSPS) is 10.9. The average Bonchev–Trinajstić information content (AvgIpc) is 2.78. The standard InChI is InChI=1S/C22H25IN6O2S2/c23-15-2-1-3-16(10-15)28-22-18-11-17(4-5-19(18)25-14-26-22)27-21(31)13-29(7-9-33)12-20(30)24-6-8-32/h1-5,10-11,14,32-33H,6-9,12-13H2,(H,24,30)(H,27,31)(H,25,26,28). The Morgan fingerprint density at radius 3 is 2.55 bits per heavy atom. The molecular weight excluding hydrogens is 571 g/mol. The highest BCUT2D eigenvalue weighted by atomic mass is 127. The van der Waals surface area contributed by atoms with Crippen molar-refractivity contribution < 1.29 is 9.59 Å². The first-order chi connectivity index (χ1) is 16.0. The Bertz CT molecular complexity index is 1120. The maximum Gasteiger partial charge on any atom is 0.238 e. The minimum Gasteiger partial charge on any atom is -0.354 e. The van der Waals surface area contributed by atoms with Gasteiger partial charge in [0, 0.05) is 44.9 Å². The number of hydrogen-bond donors (Lipinski definition) is 5. The Morgan fingerprint density at radius 1 is 0.970 bits per heavy atom. The number of carbonyl (C=O) groups excluding carboxylic acids is 2. The molecule has 0 bridgehead atoms. The number of anilines is 3. The summed E-state index contributed by atoms with van der Waals surface area (Å²) in [4.78, 5) is 35.1. The molecule has 0 saturated heterocycles. The number of benzene rings is 2. The molecule has 0 atom stereocenters. The van der Waals surface area contributed by atoms with E-state index in [1.807, 2.05) is 36.4 Å². The van der Waals surface area contributed by atoms with Crippen molar-refractivity contribution in [1.82, 2.24) is 20.2 Å². The van der Waals surface area contributed by atoms with E-state index in [0.717, 1.165) is 20.2 Å². The molecule has 0 fully saturated rings. The Labute approximate surface area is 217 Å². The van der Waals surface area contributed by atoms with Gasteiger partial charge in [0.2, 0.25) is 11.8 Å². The lowest BCUT2D eigenvalue weighted by Crippen LogP contribution is -2.42. The predicted molar refractivity (Wildman–Crippen MR) is 148 cm³/mol. The minimum absolute atomic E-state index is 0.0751. The van der Waals surface area contributed by atoms with Gasteiger partial charge in [0.15, 0.2) is 0 Å². The molecule has 0 aliphatic heterocycles. The fourth-order valence-corrected chi connectivity index (χ4v) is 4.09. The molecular formula is C22H25IN6O2S2. The number of amides is 2. The molecule has 0 spiro atoms. The van der Waals surface area contributed by atoms with Crippen LogP contribution in [0.15, 0.2) is 48.8 Å². The Hall–Kier alpha value is -2.09. The van der Waals surface area contributed by atoms with Crippen molar-refractivity contribution in [2.24, 2.45) is 0 Å². The summed E-state index contributed by atoms with van der Waals surface area (Å²) in [5.41, 5.74) is 2.29. The van der Waals surface area contributed by atoms with Gasteiger partial charge in [-0.1, -0.05) is 6.07 Å². The highest BCUT2D eigenvalue weighted by Gasteiger charge is 2.15. The summed E-state index contributed by atoms with van der Waals surface area (Å²) in [6.45, 7) is 1.20. The van der Waals surface area contributed by atoms with Crippen LogP contribution in [-0.2, 0) is 9.59 Å². The summed E-state index contributed by atoms with van der Waals surface area (Å²) < 4.78 is 1.11. The SMILES string of the molecule is O=C(CN(CCS)CC(=O)Nc1ccc2ncnc(Nc3cccc(I)c3)c2c1)NCCS. The maximum absolute atomic E-state index is 12.7. The summed E-state index contributed by atoms with van der Waals surface area (Å²) in [6, 6.07) is 13.4. The lowest BCUT2D eigenvalue weighted by Gasteiger charge is -2.20. The van der Waals surface area contributed by atoms with Gasteiger partial charge in [-0.3, -0.25) is 14.5 Å². The molecule has 2 amide bonds. The molecule has 0 aliphatic carbocycles. The van der Waals surface area contributed by atoms with Crippen LogP contribution >= 0.6 is 47.8 Å². The zero-order valence-corrected chi connectivity index (χ0v) is 21.7. The van der Waals surface area contributed by atoms with Gasteiger partial charge in [-0.25, -0.2) is 9.97 Å². The van der Waals surface area contributed by atoms with Gasteiger partial charge in [0.1, 0.15) is 12.1 Å². The van der Waals surface area contributed by atoms with Crippen LogP contribution in [0.1, 0.15) is 0 Å². The van der Waals surface area contributed by atoms with E-state index in [9.17, 15) is 9.59 Å². The molecule has 33 heavy (non-hydrogen) atoms. The Balaban J connectivity index is 1.71. The van der Waals surface area contributed by atoms with Crippen molar-refractivity contribution in [2.45, 2.75) is 0 Å². The number of nitrogens with zero attached hydrogens (tertiary/aromatic N) is 3. The second kappa shape index (κ2) is 13.0. The third kappa shape index (κ3) is 8.02. The van der Waals surface area contributed by atoms with E-state index in [4.69, 9.17) is 0 Å². The van der Waals surface area contributed by atoms with Gasteiger partial charge in [-0.15, -0.1) is 0 Å². The minimum atomic E-state index is -0.220. The van der Waals surface area contributed by atoms with Crippen LogP contribution < -0.4 is 16.0 Å². The quantitative estimate of drug-likeness (QED) is 0.172. The zero-order chi connectivity index (χ0) is 23.6. The van der Waals surface area contributed by atoms with Gasteiger partial charge in [0.05, 0.1) is 18.6 Å². The van der Waals surface area contributed by atoms with Crippen molar-refractivity contribution in [2.75, 3.05) is 48.3 Å². The fourth-order valence-electron chi connectivity index (χ4n) is 3.15. The van der Waals surface area contributed by atoms with Gasteiger partial charge < -0.3 is 16.0 Å². The van der Waals surface area contributed by atoms with E-state index < -0.39 is 0 Å². The van der Waals surface area contributed by atoms with Crippen molar-refractivity contribution in [3.63, 3.8) is 0 Å². The molecule has 174 valence electrons. The third-order valence-electron chi connectivity index (χ3n) is 4.59. The summed E-state index contributed by atoms with van der Waals surface area (Å²) in [6.07, 6.45) is 1.50. The van der Waals surface area contributed by atoms with Crippen LogP contribution in [0.5, 0.6) is 0 Å². The maximum atomic E-state index is 12.7. The second-order valence-electron chi connectivity index (χ2n) is 7.15. The molecule has 1 heterocycles. The van der Waals surface area contributed by atoms with E-state index >= 15 is 0 Å². The largest absolute Gasteiger partial charge is 0.354 e. The molecule has 0 radical (unpaired) electrons. The van der Waals surface area contributed by atoms with Crippen molar-refractivity contribution in [3.05, 3.63) is 52.4 Å². The second-order valence-corrected chi connectivity index (χ2v) is 9.29. The predicted octanol–water partition coefficient (Wildman–Crippen LogP) is 3.19. The molecule has 1 aromatic heterocycles. The molecule has 8 nitrogen and oxygen atoms in total. The number of rotatable bonds is 11. The smallest absolute Gasteiger partial charge is 0.238 e. The third-order valence-corrected chi connectivity index (χ3v) is 5.69. The van der Waals surface area contributed by atoms with E-state index in [1.165, 1.54) is 6.33 Å². The summed E-state index contributed by atoms with van der Waals surface area (Å²) >= 11 is 10.6. The molecule has 3 aromatic rings. The van der Waals surface area contributed by atoms with Crippen LogP contribution in [0, 0.1) is 3.57 Å². The number of hydrogen-bond acceptors (Lipinski definition) is 8. The lowest BCUT2D eigenvalue weighted by molar-refractivity contribution is -0.123. The number of halogens is 1. The molecule has 3 rings (SSSR count). The number of fused-ring (bicyclic) bond motifs is 1. The summed E-state index contributed by atoms with van der Waals surface area (Å²) in [5, 5.41) is 9.77. The van der Waals surface area contributed by atoms with Crippen LogP contribution in [0.2, 0.25) is 0 Å². The van der Waals surface area contributed by atoms with Crippen LogP contribution in [-0.4, -0.2) is 64.4 Å². The van der Waals surface area contributed by atoms with E-state index in [2.05, 4.69) is 73.8 Å².